The molecule has 7 heteroatoms. The normalized spacial score (nSPS) is 11.0. The Bertz CT molecular complexity index is 655. The van der Waals surface area contributed by atoms with E-state index >= 15 is 0 Å². The highest BCUT2D eigenvalue weighted by molar-refractivity contribution is 14.0. The number of benzene rings is 1. The van der Waals surface area contributed by atoms with Crippen LogP contribution in [0.3, 0.4) is 0 Å². The van der Waals surface area contributed by atoms with Crippen molar-refractivity contribution in [3.63, 3.8) is 0 Å². The predicted octanol–water partition coefficient (Wildman–Crippen LogP) is 3.07. The maximum atomic E-state index is 14.0. The molecule has 2 N–H and O–H groups in total. The summed E-state index contributed by atoms with van der Waals surface area (Å²) in [4.78, 5) is 6.28. The first-order chi connectivity index (χ1) is 11.6. The molecular formula is C18H27FIN5. The molecule has 1 aromatic carbocycles. The van der Waals surface area contributed by atoms with Crippen molar-refractivity contribution in [2.75, 3.05) is 32.1 Å². The van der Waals surface area contributed by atoms with Crippen LogP contribution in [0.2, 0.25) is 0 Å². The highest BCUT2D eigenvalue weighted by Crippen LogP contribution is 2.18. The largest absolute Gasteiger partial charge is 0.375 e. The molecule has 0 aliphatic heterocycles. The third-order valence-corrected chi connectivity index (χ3v) is 3.59. The minimum Gasteiger partial charge on any atom is -0.375 e. The highest BCUT2D eigenvalue weighted by Gasteiger charge is 2.05. The molecule has 138 valence electrons. The van der Waals surface area contributed by atoms with E-state index in [0.29, 0.717) is 12.2 Å². The second-order valence-electron chi connectivity index (χ2n) is 5.72. The van der Waals surface area contributed by atoms with Crippen molar-refractivity contribution in [3.8, 4) is 0 Å². The van der Waals surface area contributed by atoms with Gasteiger partial charge >= 0.3 is 0 Å². The molecule has 2 rings (SSSR count). The minimum atomic E-state index is -0.224. The molecule has 0 unspecified atom stereocenters. The Morgan fingerprint density at radius 1 is 1.20 bits per heavy atom. The van der Waals surface area contributed by atoms with Crippen LogP contribution in [-0.2, 0) is 13.1 Å². The standard InChI is InChI=1S/C18H26FN5.HI/c1-4-20-18(21-9-12-24-10-5-6-11-24)22-14-15-7-8-17(23(2)3)16(19)13-15;/h5-8,10-11,13H,4,9,12,14H2,1-3H3,(H2,20,21,22);1H. The maximum Gasteiger partial charge on any atom is 0.191 e. The zero-order chi connectivity index (χ0) is 17.4. The smallest absolute Gasteiger partial charge is 0.191 e. The summed E-state index contributed by atoms with van der Waals surface area (Å²) in [5, 5.41) is 6.49. The lowest BCUT2D eigenvalue weighted by molar-refractivity contribution is 0.623. The van der Waals surface area contributed by atoms with Gasteiger partial charge in [-0.15, -0.1) is 24.0 Å². The zero-order valence-corrected chi connectivity index (χ0v) is 17.3. The van der Waals surface area contributed by atoms with Crippen molar-refractivity contribution in [2.45, 2.75) is 20.0 Å². The van der Waals surface area contributed by atoms with Crippen molar-refractivity contribution >= 4 is 35.6 Å². The van der Waals surface area contributed by atoms with Gasteiger partial charge in [0.15, 0.2) is 5.96 Å². The number of guanidine groups is 1. The van der Waals surface area contributed by atoms with Crippen molar-refractivity contribution < 1.29 is 4.39 Å². The quantitative estimate of drug-likeness (QED) is 0.380. The topological polar surface area (TPSA) is 44.6 Å². The number of hydrogen-bond donors (Lipinski definition) is 2. The highest BCUT2D eigenvalue weighted by atomic mass is 127. The van der Waals surface area contributed by atoms with Gasteiger partial charge in [-0.05, 0) is 36.8 Å². The number of hydrogen-bond acceptors (Lipinski definition) is 2. The zero-order valence-electron chi connectivity index (χ0n) is 15.0. The maximum absolute atomic E-state index is 14.0. The first kappa shape index (κ1) is 21.3. The number of halogens is 2. The molecule has 2 aromatic rings. The first-order valence-electron chi connectivity index (χ1n) is 8.19. The molecule has 0 bridgehead atoms. The SMILES string of the molecule is CCNC(=NCc1ccc(N(C)C)c(F)c1)NCCn1cccc1.I. The molecule has 5 nitrogen and oxygen atoms in total. The van der Waals surface area contributed by atoms with Crippen LogP contribution in [0.4, 0.5) is 10.1 Å². The van der Waals surface area contributed by atoms with Gasteiger partial charge in [0.25, 0.3) is 0 Å². The van der Waals surface area contributed by atoms with Gasteiger partial charge in [0.2, 0.25) is 0 Å². The van der Waals surface area contributed by atoms with E-state index < -0.39 is 0 Å². The van der Waals surface area contributed by atoms with Crippen LogP contribution in [0, 0.1) is 5.82 Å². The van der Waals surface area contributed by atoms with Gasteiger partial charge in [0, 0.05) is 46.1 Å². The minimum absolute atomic E-state index is 0. The molecule has 0 saturated heterocycles. The molecule has 0 atom stereocenters. The van der Waals surface area contributed by atoms with Crippen LogP contribution in [0.25, 0.3) is 0 Å². The van der Waals surface area contributed by atoms with Gasteiger partial charge in [0.05, 0.1) is 12.2 Å². The predicted molar refractivity (Wildman–Crippen MR) is 113 cm³/mol. The lowest BCUT2D eigenvalue weighted by atomic mass is 10.2. The number of anilines is 1. The van der Waals surface area contributed by atoms with E-state index in [1.165, 1.54) is 0 Å². The van der Waals surface area contributed by atoms with Crippen LogP contribution in [0.1, 0.15) is 12.5 Å². The summed E-state index contributed by atoms with van der Waals surface area (Å²) in [6.07, 6.45) is 4.06. The summed E-state index contributed by atoms with van der Waals surface area (Å²) in [6, 6.07) is 9.25. The first-order valence-corrected chi connectivity index (χ1v) is 8.19. The lowest BCUT2D eigenvalue weighted by Crippen LogP contribution is -2.38. The number of nitrogens with zero attached hydrogens (tertiary/aromatic N) is 3. The molecule has 25 heavy (non-hydrogen) atoms. The monoisotopic (exact) mass is 459 g/mol. The van der Waals surface area contributed by atoms with E-state index in [-0.39, 0.29) is 29.8 Å². The van der Waals surface area contributed by atoms with Gasteiger partial charge in [-0.1, -0.05) is 6.07 Å². The fourth-order valence-electron chi connectivity index (χ4n) is 2.35. The molecule has 0 spiro atoms. The van der Waals surface area contributed by atoms with Crippen LogP contribution in [0.15, 0.2) is 47.7 Å². The number of nitrogens with one attached hydrogen (secondary N) is 2. The molecular weight excluding hydrogens is 432 g/mol. The van der Waals surface area contributed by atoms with Gasteiger partial charge in [-0.3, -0.25) is 0 Å². The molecule has 1 aromatic heterocycles. The van der Waals surface area contributed by atoms with E-state index in [2.05, 4.69) is 20.2 Å². The third kappa shape index (κ3) is 6.93. The Hall–Kier alpha value is -1.77. The second kappa shape index (κ2) is 11.0. The molecule has 0 radical (unpaired) electrons. The molecule has 0 fully saturated rings. The fourth-order valence-corrected chi connectivity index (χ4v) is 2.35. The van der Waals surface area contributed by atoms with Crippen molar-refractivity contribution in [2.24, 2.45) is 4.99 Å². The van der Waals surface area contributed by atoms with Crippen LogP contribution < -0.4 is 15.5 Å². The number of aliphatic imine (C=N–C) groups is 1. The van der Waals surface area contributed by atoms with Crippen LogP contribution in [-0.4, -0.2) is 37.7 Å². The summed E-state index contributed by atoms with van der Waals surface area (Å²) < 4.78 is 16.1. The average molecular weight is 459 g/mol. The summed E-state index contributed by atoms with van der Waals surface area (Å²) in [5.74, 6) is 0.514. The van der Waals surface area contributed by atoms with E-state index in [0.717, 1.165) is 31.2 Å². The Morgan fingerprint density at radius 3 is 2.52 bits per heavy atom. The lowest BCUT2D eigenvalue weighted by Gasteiger charge is -2.14. The second-order valence-corrected chi connectivity index (χ2v) is 5.72. The third-order valence-electron chi connectivity index (χ3n) is 3.59. The van der Waals surface area contributed by atoms with Crippen molar-refractivity contribution in [1.29, 1.82) is 0 Å². The summed E-state index contributed by atoms with van der Waals surface area (Å²) >= 11 is 0. The van der Waals surface area contributed by atoms with E-state index in [1.807, 2.05) is 51.6 Å². The molecule has 0 saturated carbocycles. The Kier molecular flexibility index (Phi) is 9.33. The summed E-state index contributed by atoms with van der Waals surface area (Å²) in [5.41, 5.74) is 1.43. The molecule has 1 heterocycles. The van der Waals surface area contributed by atoms with Crippen LogP contribution >= 0.6 is 24.0 Å². The number of rotatable bonds is 7. The number of aromatic nitrogens is 1. The van der Waals surface area contributed by atoms with E-state index in [4.69, 9.17) is 0 Å². The van der Waals surface area contributed by atoms with E-state index in [9.17, 15) is 4.39 Å². The molecule has 0 amide bonds. The van der Waals surface area contributed by atoms with E-state index in [1.54, 1.807) is 17.0 Å². The summed E-state index contributed by atoms with van der Waals surface area (Å²) in [6.45, 7) is 4.87. The fraction of sp³-hybridized carbons (Fsp3) is 0.389. The summed E-state index contributed by atoms with van der Waals surface area (Å²) in [7, 11) is 3.66. The van der Waals surface area contributed by atoms with Gasteiger partial charge in [-0.2, -0.15) is 0 Å². The Labute approximate surface area is 166 Å². The Morgan fingerprint density at radius 2 is 1.92 bits per heavy atom. The Balaban J connectivity index is 0.00000312. The van der Waals surface area contributed by atoms with Gasteiger partial charge in [0.1, 0.15) is 5.82 Å². The molecule has 0 aliphatic rings. The van der Waals surface area contributed by atoms with Gasteiger partial charge < -0.3 is 20.1 Å². The molecule has 0 aliphatic carbocycles. The van der Waals surface area contributed by atoms with Crippen molar-refractivity contribution in [1.82, 2.24) is 15.2 Å². The van der Waals surface area contributed by atoms with Crippen molar-refractivity contribution in [3.05, 3.63) is 54.1 Å². The average Bonchev–Trinajstić information content (AvgIpc) is 3.05. The van der Waals surface area contributed by atoms with Gasteiger partial charge in [-0.25, -0.2) is 9.38 Å². The van der Waals surface area contributed by atoms with Crippen LogP contribution in [0.5, 0.6) is 0 Å².